The number of anilines is 1. The number of halogens is 1. The van der Waals surface area contributed by atoms with Gasteiger partial charge in [-0.05, 0) is 42.7 Å². The Balaban J connectivity index is 1.65. The number of nitrogens with zero attached hydrogens (tertiary/aromatic N) is 3. The van der Waals surface area contributed by atoms with Crippen LogP contribution < -0.4 is 10.6 Å². The first-order valence-corrected chi connectivity index (χ1v) is 10.2. The molecular weight excluding hydrogens is 436 g/mol. The van der Waals surface area contributed by atoms with Crippen molar-refractivity contribution in [1.82, 2.24) is 10.1 Å². The van der Waals surface area contributed by atoms with Crippen LogP contribution in [-0.4, -0.2) is 52.2 Å². The van der Waals surface area contributed by atoms with Crippen LogP contribution >= 0.6 is 15.9 Å². The van der Waals surface area contributed by atoms with E-state index in [4.69, 9.17) is 10.3 Å². The largest absolute Gasteiger partial charge is 0.394 e. The molecule has 152 valence electrons. The van der Waals surface area contributed by atoms with Crippen molar-refractivity contribution in [3.63, 3.8) is 0 Å². The minimum absolute atomic E-state index is 0.282. The number of nitrogens with two attached hydrogens (primary N) is 1. The number of fused-ring (bicyclic) bond motifs is 1. The summed E-state index contributed by atoms with van der Waals surface area (Å²) in [5.41, 5.74) is 10.1. The Morgan fingerprint density at radius 1 is 1.24 bits per heavy atom. The second kappa shape index (κ2) is 7.87. The van der Waals surface area contributed by atoms with E-state index in [-0.39, 0.29) is 13.2 Å². The molecule has 0 aliphatic carbocycles. The number of rotatable bonds is 6. The van der Waals surface area contributed by atoms with Gasteiger partial charge < -0.3 is 25.4 Å². The molecule has 0 amide bonds. The summed E-state index contributed by atoms with van der Waals surface area (Å²) in [5, 5.41) is 23.3. The van der Waals surface area contributed by atoms with E-state index in [0.29, 0.717) is 18.3 Å². The van der Waals surface area contributed by atoms with Crippen molar-refractivity contribution >= 4 is 21.6 Å². The van der Waals surface area contributed by atoms with Gasteiger partial charge in [-0.1, -0.05) is 39.3 Å². The molecule has 0 atom stereocenters. The van der Waals surface area contributed by atoms with E-state index in [1.807, 2.05) is 43.3 Å². The summed E-state index contributed by atoms with van der Waals surface area (Å²) in [7, 11) is 0. The van der Waals surface area contributed by atoms with Gasteiger partial charge in [0, 0.05) is 34.4 Å². The second-order valence-electron chi connectivity index (χ2n) is 7.54. The van der Waals surface area contributed by atoms with Gasteiger partial charge in [-0.15, -0.1) is 0 Å². The predicted molar refractivity (Wildman–Crippen MR) is 115 cm³/mol. The van der Waals surface area contributed by atoms with Crippen LogP contribution in [0.15, 0.2) is 45.4 Å². The third-order valence-corrected chi connectivity index (χ3v) is 6.20. The molecule has 0 bridgehead atoms. The summed E-state index contributed by atoms with van der Waals surface area (Å²) in [6, 6.07) is 11.9. The van der Waals surface area contributed by atoms with Gasteiger partial charge in [0.2, 0.25) is 5.82 Å². The Labute approximate surface area is 177 Å². The molecular formula is C21H23BrN4O3. The highest BCUT2D eigenvalue weighted by atomic mass is 79.9. The summed E-state index contributed by atoms with van der Waals surface area (Å²) in [5.74, 6) is 1.01. The van der Waals surface area contributed by atoms with Crippen molar-refractivity contribution in [2.75, 3.05) is 31.2 Å². The van der Waals surface area contributed by atoms with Crippen molar-refractivity contribution in [3.8, 4) is 22.8 Å². The zero-order chi connectivity index (χ0) is 20.6. The van der Waals surface area contributed by atoms with E-state index >= 15 is 0 Å². The van der Waals surface area contributed by atoms with E-state index < -0.39 is 5.54 Å². The average Bonchev–Trinajstić information content (AvgIpc) is 3.37. The van der Waals surface area contributed by atoms with Gasteiger partial charge in [0.15, 0.2) is 0 Å². The highest BCUT2D eigenvalue weighted by Crippen LogP contribution is 2.36. The van der Waals surface area contributed by atoms with Crippen molar-refractivity contribution in [2.45, 2.75) is 18.9 Å². The van der Waals surface area contributed by atoms with E-state index in [0.717, 1.165) is 45.4 Å². The lowest BCUT2D eigenvalue weighted by molar-refractivity contribution is 0.125. The molecule has 0 fully saturated rings. The molecule has 7 nitrogen and oxygen atoms in total. The molecule has 0 unspecified atom stereocenters. The lowest BCUT2D eigenvalue weighted by Gasteiger charge is -2.31. The van der Waals surface area contributed by atoms with Crippen molar-refractivity contribution < 1.29 is 14.7 Å². The molecule has 4 rings (SSSR count). The SMILES string of the molecule is Cc1ccc(-c2nc(-c3cccc4c3CCN4CC(N)(CO)CO)no2)cc1Br. The highest BCUT2D eigenvalue weighted by molar-refractivity contribution is 9.10. The molecule has 0 saturated carbocycles. The van der Waals surface area contributed by atoms with Crippen LogP contribution in [0.1, 0.15) is 11.1 Å². The first-order chi connectivity index (χ1) is 13.9. The summed E-state index contributed by atoms with van der Waals surface area (Å²) in [6.07, 6.45) is 0.804. The maximum absolute atomic E-state index is 9.53. The second-order valence-corrected chi connectivity index (χ2v) is 8.39. The van der Waals surface area contributed by atoms with Crippen molar-refractivity contribution in [1.29, 1.82) is 0 Å². The molecule has 0 saturated heterocycles. The van der Waals surface area contributed by atoms with Crippen LogP contribution in [0.2, 0.25) is 0 Å². The quantitative estimate of drug-likeness (QED) is 0.520. The Kier molecular flexibility index (Phi) is 5.44. The highest BCUT2D eigenvalue weighted by Gasteiger charge is 2.31. The van der Waals surface area contributed by atoms with Crippen molar-refractivity contribution in [3.05, 3.63) is 52.0 Å². The summed E-state index contributed by atoms with van der Waals surface area (Å²) in [6.45, 7) is 2.58. The molecule has 1 aromatic heterocycles. The summed E-state index contributed by atoms with van der Waals surface area (Å²) < 4.78 is 6.51. The zero-order valence-electron chi connectivity index (χ0n) is 16.1. The Bertz CT molecular complexity index is 1030. The average molecular weight is 459 g/mol. The van der Waals surface area contributed by atoms with Gasteiger partial charge in [-0.3, -0.25) is 0 Å². The third-order valence-electron chi connectivity index (χ3n) is 5.34. The maximum atomic E-state index is 9.53. The number of aliphatic hydroxyl groups excluding tert-OH is 2. The maximum Gasteiger partial charge on any atom is 0.258 e. The van der Waals surface area contributed by atoms with Crippen LogP contribution in [0.4, 0.5) is 5.69 Å². The standard InChI is InChI=1S/C21H23BrN4O3/c1-13-5-6-14(9-17(13)22)20-24-19(25-29-20)16-3-2-4-18-15(16)7-8-26(18)10-21(23,11-27)12-28/h2-6,9,27-28H,7-8,10-12,23H2,1H3. The number of aromatic nitrogens is 2. The first kappa shape index (κ1) is 20.0. The molecule has 4 N–H and O–H groups in total. The lowest BCUT2D eigenvalue weighted by atomic mass is 10.0. The van der Waals surface area contributed by atoms with Gasteiger partial charge in [0.25, 0.3) is 5.89 Å². The molecule has 1 aliphatic rings. The minimum Gasteiger partial charge on any atom is -0.394 e. The van der Waals surface area contributed by atoms with Crippen LogP contribution in [-0.2, 0) is 6.42 Å². The number of aliphatic hydroxyl groups is 2. The third kappa shape index (κ3) is 3.81. The molecule has 2 aromatic carbocycles. The number of aryl methyl sites for hydroxylation is 1. The summed E-state index contributed by atoms with van der Waals surface area (Å²) >= 11 is 3.54. The van der Waals surface area contributed by atoms with Crippen molar-refractivity contribution in [2.24, 2.45) is 5.73 Å². The van der Waals surface area contributed by atoms with Gasteiger partial charge in [-0.2, -0.15) is 4.98 Å². The van der Waals surface area contributed by atoms with Gasteiger partial charge in [0.05, 0.1) is 18.8 Å². The Hall–Kier alpha value is -2.26. The minimum atomic E-state index is -1.05. The lowest BCUT2D eigenvalue weighted by Crippen LogP contribution is -2.55. The number of hydrogen-bond acceptors (Lipinski definition) is 7. The van der Waals surface area contributed by atoms with E-state index in [1.54, 1.807) is 0 Å². The van der Waals surface area contributed by atoms with Crippen LogP contribution in [0, 0.1) is 6.92 Å². The summed E-state index contributed by atoms with van der Waals surface area (Å²) in [4.78, 5) is 6.70. The molecule has 29 heavy (non-hydrogen) atoms. The van der Waals surface area contributed by atoms with E-state index in [2.05, 4.69) is 31.0 Å². The van der Waals surface area contributed by atoms with E-state index in [9.17, 15) is 10.2 Å². The van der Waals surface area contributed by atoms with Crippen LogP contribution in [0.25, 0.3) is 22.8 Å². The first-order valence-electron chi connectivity index (χ1n) is 9.42. The smallest absolute Gasteiger partial charge is 0.258 e. The fourth-order valence-corrected chi connectivity index (χ4v) is 3.96. The number of benzene rings is 2. The van der Waals surface area contributed by atoms with Crippen LogP contribution in [0.3, 0.4) is 0 Å². The van der Waals surface area contributed by atoms with Crippen LogP contribution in [0.5, 0.6) is 0 Å². The van der Waals surface area contributed by atoms with Gasteiger partial charge in [0.1, 0.15) is 0 Å². The van der Waals surface area contributed by atoms with Gasteiger partial charge in [-0.25, -0.2) is 0 Å². The molecule has 0 radical (unpaired) electrons. The Morgan fingerprint density at radius 3 is 2.76 bits per heavy atom. The fourth-order valence-electron chi connectivity index (χ4n) is 3.58. The fraction of sp³-hybridized carbons (Fsp3) is 0.333. The Morgan fingerprint density at radius 2 is 2.03 bits per heavy atom. The van der Waals surface area contributed by atoms with E-state index in [1.165, 1.54) is 0 Å². The molecule has 2 heterocycles. The predicted octanol–water partition coefficient (Wildman–Crippen LogP) is 2.52. The van der Waals surface area contributed by atoms with Gasteiger partial charge >= 0.3 is 0 Å². The molecule has 1 aliphatic heterocycles. The molecule has 3 aromatic rings. The molecule has 0 spiro atoms. The topological polar surface area (TPSA) is 109 Å². The normalized spacial score (nSPS) is 13.8. The number of hydrogen-bond donors (Lipinski definition) is 3. The monoisotopic (exact) mass is 458 g/mol. The zero-order valence-corrected chi connectivity index (χ0v) is 17.7. The molecule has 8 heteroatoms.